The number of anilines is 1. The second-order valence-electron chi connectivity index (χ2n) is 6.14. The van der Waals surface area contributed by atoms with Gasteiger partial charge in [-0.25, -0.2) is 0 Å². The number of pyridine rings is 1. The van der Waals surface area contributed by atoms with Gasteiger partial charge in [-0.2, -0.15) is 0 Å². The largest absolute Gasteiger partial charge is 0.480 e. The second-order valence-corrected chi connectivity index (χ2v) is 6.55. The first-order valence-electron chi connectivity index (χ1n) is 8.34. The molecule has 1 aliphatic heterocycles. The molecule has 1 aliphatic rings. The van der Waals surface area contributed by atoms with Gasteiger partial charge >= 0.3 is 5.97 Å². The Labute approximate surface area is 146 Å². The lowest BCUT2D eigenvalue weighted by Crippen LogP contribution is -2.46. The van der Waals surface area contributed by atoms with Gasteiger partial charge in [0.25, 0.3) is 0 Å². The number of carboxylic acid groups (broad SMARTS) is 1. The van der Waals surface area contributed by atoms with Crippen molar-refractivity contribution in [3.8, 4) is 0 Å². The van der Waals surface area contributed by atoms with Crippen LogP contribution < -0.4 is 4.90 Å². The number of halogens is 1. The molecule has 1 aromatic heterocycles. The van der Waals surface area contributed by atoms with Crippen LogP contribution in [0.4, 0.5) is 5.69 Å². The van der Waals surface area contributed by atoms with E-state index in [1.165, 1.54) is 0 Å². The molecule has 24 heavy (non-hydrogen) atoms. The van der Waals surface area contributed by atoms with Crippen LogP contribution in [0.1, 0.15) is 19.8 Å². The lowest BCUT2D eigenvalue weighted by Gasteiger charge is -2.38. The fraction of sp³-hybridized carbons (Fsp3) is 0.444. The van der Waals surface area contributed by atoms with Crippen molar-refractivity contribution in [2.75, 3.05) is 31.1 Å². The van der Waals surface area contributed by atoms with Crippen LogP contribution in [-0.2, 0) is 4.79 Å². The predicted molar refractivity (Wildman–Crippen MR) is 96.9 cm³/mol. The Balaban J connectivity index is 1.76. The van der Waals surface area contributed by atoms with E-state index in [9.17, 15) is 4.79 Å². The number of para-hydroxylation sites is 1. The molecule has 3 rings (SSSR count). The molecule has 1 fully saturated rings. The quantitative estimate of drug-likeness (QED) is 0.899. The van der Waals surface area contributed by atoms with Gasteiger partial charge in [-0.05, 0) is 31.5 Å². The molecule has 0 radical (unpaired) electrons. The van der Waals surface area contributed by atoms with Crippen LogP contribution >= 0.6 is 11.6 Å². The highest BCUT2D eigenvalue weighted by Gasteiger charge is 2.25. The van der Waals surface area contributed by atoms with Gasteiger partial charge in [0.2, 0.25) is 0 Å². The summed E-state index contributed by atoms with van der Waals surface area (Å²) in [5.41, 5.74) is 1.99. The Bertz CT molecular complexity index is 729. The van der Waals surface area contributed by atoms with Gasteiger partial charge < -0.3 is 10.0 Å². The van der Waals surface area contributed by atoms with Crippen molar-refractivity contribution >= 4 is 34.2 Å². The molecule has 0 bridgehead atoms. The van der Waals surface area contributed by atoms with Gasteiger partial charge in [0.15, 0.2) is 0 Å². The van der Waals surface area contributed by atoms with Gasteiger partial charge in [-0.15, -0.1) is 0 Å². The third-order valence-corrected chi connectivity index (χ3v) is 5.07. The smallest absolute Gasteiger partial charge is 0.317 e. The molecule has 1 N–H and O–H groups in total. The van der Waals surface area contributed by atoms with Gasteiger partial charge in [0.1, 0.15) is 0 Å². The minimum atomic E-state index is -0.756. The second kappa shape index (κ2) is 7.36. The van der Waals surface area contributed by atoms with E-state index in [1.54, 1.807) is 6.20 Å². The first-order chi connectivity index (χ1) is 11.6. The maximum atomic E-state index is 11.0. The van der Waals surface area contributed by atoms with E-state index >= 15 is 0 Å². The van der Waals surface area contributed by atoms with Crippen molar-refractivity contribution in [3.05, 3.63) is 35.5 Å². The highest BCUT2D eigenvalue weighted by molar-refractivity contribution is 6.35. The Hall–Kier alpha value is -1.85. The third-order valence-electron chi connectivity index (χ3n) is 4.76. The minimum Gasteiger partial charge on any atom is -0.480 e. The summed E-state index contributed by atoms with van der Waals surface area (Å²) in [5, 5.41) is 10.8. The molecule has 1 saturated heterocycles. The molecular weight excluding hydrogens is 326 g/mol. The maximum Gasteiger partial charge on any atom is 0.317 e. The highest BCUT2D eigenvalue weighted by atomic mass is 35.5. The number of likely N-dealkylation sites (N-methyl/N-ethyl adjacent to an activating group) is 1. The maximum absolute atomic E-state index is 11.0. The van der Waals surface area contributed by atoms with Crippen molar-refractivity contribution in [2.45, 2.75) is 25.8 Å². The topological polar surface area (TPSA) is 56.7 Å². The number of rotatable bonds is 5. The van der Waals surface area contributed by atoms with E-state index in [-0.39, 0.29) is 6.54 Å². The lowest BCUT2D eigenvalue weighted by molar-refractivity contribution is -0.139. The summed E-state index contributed by atoms with van der Waals surface area (Å²) in [4.78, 5) is 19.8. The molecule has 0 saturated carbocycles. The Morgan fingerprint density at radius 1 is 1.38 bits per heavy atom. The zero-order valence-electron chi connectivity index (χ0n) is 13.8. The van der Waals surface area contributed by atoms with Gasteiger partial charge in [0, 0.05) is 36.4 Å². The molecule has 6 heteroatoms. The number of piperidine rings is 1. The van der Waals surface area contributed by atoms with Crippen LogP contribution in [0.15, 0.2) is 30.5 Å². The average Bonchev–Trinajstić information content (AvgIpc) is 2.60. The average molecular weight is 348 g/mol. The summed E-state index contributed by atoms with van der Waals surface area (Å²) in [6.07, 6.45) is 3.73. The van der Waals surface area contributed by atoms with E-state index in [4.69, 9.17) is 16.7 Å². The SMILES string of the molecule is CCN(CC(=O)O)C1CCN(c2ccnc3c(Cl)cccc23)CC1. The summed E-state index contributed by atoms with van der Waals surface area (Å²) in [6, 6.07) is 8.23. The van der Waals surface area contributed by atoms with Crippen molar-refractivity contribution in [3.63, 3.8) is 0 Å². The fourth-order valence-electron chi connectivity index (χ4n) is 3.55. The molecule has 0 aliphatic carbocycles. The van der Waals surface area contributed by atoms with Crippen LogP contribution in [0.3, 0.4) is 0 Å². The third kappa shape index (κ3) is 3.47. The Morgan fingerprint density at radius 2 is 2.12 bits per heavy atom. The summed E-state index contributed by atoms with van der Waals surface area (Å²) in [6.45, 7) is 4.73. The number of hydrogen-bond acceptors (Lipinski definition) is 4. The molecular formula is C18H22ClN3O2. The zero-order valence-corrected chi connectivity index (χ0v) is 14.5. The molecule has 0 unspecified atom stereocenters. The van der Waals surface area contributed by atoms with E-state index in [2.05, 4.69) is 20.9 Å². The van der Waals surface area contributed by atoms with Crippen LogP contribution in [-0.4, -0.2) is 53.2 Å². The highest BCUT2D eigenvalue weighted by Crippen LogP contribution is 2.31. The molecule has 1 aromatic carbocycles. The first kappa shape index (κ1) is 17.0. The molecule has 0 atom stereocenters. The number of nitrogens with zero attached hydrogens (tertiary/aromatic N) is 3. The summed E-state index contributed by atoms with van der Waals surface area (Å²) >= 11 is 6.26. The van der Waals surface area contributed by atoms with Crippen LogP contribution in [0.25, 0.3) is 10.9 Å². The number of benzene rings is 1. The summed E-state index contributed by atoms with van der Waals surface area (Å²) < 4.78 is 0. The van der Waals surface area contributed by atoms with Crippen molar-refractivity contribution in [2.24, 2.45) is 0 Å². The molecule has 0 spiro atoms. The minimum absolute atomic E-state index is 0.120. The number of carbonyl (C=O) groups is 1. The molecule has 2 aromatic rings. The van der Waals surface area contributed by atoms with Gasteiger partial charge in [0.05, 0.1) is 17.1 Å². The van der Waals surface area contributed by atoms with Crippen LogP contribution in [0.5, 0.6) is 0 Å². The number of hydrogen-bond donors (Lipinski definition) is 1. The van der Waals surface area contributed by atoms with E-state index in [1.807, 2.05) is 25.1 Å². The summed E-state index contributed by atoms with van der Waals surface area (Å²) in [5.74, 6) is -0.756. The molecule has 0 amide bonds. The predicted octanol–water partition coefficient (Wildman–Crippen LogP) is 3.26. The van der Waals surface area contributed by atoms with Crippen molar-refractivity contribution in [1.29, 1.82) is 0 Å². The van der Waals surface area contributed by atoms with E-state index < -0.39 is 5.97 Å². The first-order valence-corrected chi connectivity index (χ1v) is 8.72. The number of carboxylic acids is 1. The number of fused-ring (bicyclic) bond motifs is 1. The van der Waals surface area contributed by atoms with Crippen LogP contribution in [0.2, 0.25) is 5.02 Å². The Morgan fingerprint density at radius 3 is 2.79 bits per heavy atom. The molecule has 128 valence electrons. The van der Waals surface area contributed by atoms with Gasteiger partial charge in [-0.3, -0.25) is 14.7 Å². The van der Waals surface area contributed by atoms with Gasteiger partial charge in [-0.1, -0.05) is 30.7 Å². The van der Waals surface area contributed by atoms with Crippen molar-refractivity contribution in [1.82, 2.24) is 9.88 Å². The normalized spacial score (nSPS) is 16.0. The summed E-state index contributed by atoms with van der Waals surface area (Å²) in [7, 11) is 0. The van der Waals surface area contributed by atoms with Crippen molar-refractivity contribution < 1.29 is 9.90 Å². The Kier molecular flexibility index (Phi) is 5.21. The number of aromatic nitrogens is 1. The monoisotopic (exact) mass is 347 g/mol. The zero-order chi connectivity index (χ0) is 17.1. The number of aliphatic carboxylic acids is 1. The fourth-order valence-corrected chi connectivity index (χ4v) is 3.77. The standard InChI is InChI=1S/C18H22ClN3O2/c1-2-21(12-17(23)24)13-7-10-22(11-8-13)16-6-9-20-18-14(16)4-3-5-15(18)19/h3-6,9,13H,2,7-8,10-12H2,1H3,(H,23,24). The van der Waals surface area contributed by atoms with Crippen LogP contribution in [0, 0.1) is 0 Å². The lowest BCUT2D eigenvalue weighted by atomic mass is 10.0. The molecule has 2 heterocycles. The molecule has 5 nitrogen and oxygen atoms in total. The van der Waals surface area contributed by atoms with E-state index in [0.29, 0.717) is 11.1 Å². The van der Waals surface area contributed by atoms with E-state index in [0.717, 1.165) is 49.1 Å².